The van der Waals surface area contributed by atoms with E-state index in [0.29, 0.717) is 6.42 Å². The van der Waals surface area contributed by atoms with E-state index in [2.05, 4.69) is 12.2 Å². The summed E-state index contributed by atoms with van der Waals surface area (Å²) in [5, 5.41) is 3.24. The summed E-state index contributed by atoms with van der Waals surface area (Å²) >= 11 is 0. The fourth-order valence-electron chi connectivity index (χ4n) is 1.06. The topological polar surface area (TPSA) is 64.3 Å². The average Bonchev–Trinajstić information content (AvgIpc) is 2.15. The lowest BCUT2D eigenvalue weighted by Crippen LogP contribution is -2.21. The summed E-state index contributed by atoms with van der Waals surface area (Å²) in [6.07, 6.45) is 3.43. The third-order valence-electron chi connectivity index (χ3n) is 1.80. The van der Waals surface area contributed by atoms with Crippen molar-refractivity contribution in [3.8, 4) is 0 Å². The smallest absolute Gasteiger partial charge is 0.217 e. The van der Waals surface area contributed by atoms with Gasteiger partial charge in [-0.25, -0.2) is 0 Å². The van der Waals surface area contributed by atoms with Crippen LogP contribution < -0.4 is 11.1 Å². The lowest BCUT2D eigenvalue weighted by atomic mass is 10.2. The molecule has 84 valence electrons. The molecule has 0 aliphatic carbocycles. The Balaban J connectivity index is 2.88. The Labute approximate surface area is 86.2 Å². The van der Waals surface area contributed by atoms with Crippen LogP contribution in [-0.4, -0.2) is 32.2 Å². The molecule has 4 nitrogen and oxygen atoms in total. The van der Waals surface area contributed by atoms with E-state index in [1.54, 1.807) is 0 Å². The Kier molecular flexibility index (Phi) is 10.0. The number of nitrogens with two attached hydrogens (primary N) is 1. The molecule has 14 heavy (non-hydrogen) atoms. The molecule has 0 bridgehead atoms. The number of ether oxygens (including phenoxy) is 1. The molecule has 0 aromatic heterocycles. The van der Waals surface area contributed by atoms with Crippen molar-refractivity contribution in [3.63, 3.8) is 0 Å². The van der Waals surface area contributed by atoms with E-state index in [0.717, 1.165) is 45.6 Å². The van der Waals surface area contributed by atoms with Gasteiger partial charge < -0.3 is 15.8 Å². The highest BCUT2D eigenvalue weighted by molar-refractivity contribution is 5.73. The molecule has 0 fully saturated rings. The number of hydrogen-bond donors (Lipinski definition) is 2. The molecule has 0 saturated carbocycles. The van der Waals surface area contributed by atoms with E-state index >= 15 is 0 Å². The van der Waals surface area contributed by atoms with Crippen LogP contribution in [0.5, 0.6) is 0 Å². The predicted molar refractivity (Wildman–Crippen MR) is 57.0 cm³/mol. The van der Waals surface area contributed by atoms with Crippen LogP contribution in [0.25, 0.3) is 0 Å². The summed E-state index contributed by atoms with van der Waals surface area (Å²) in [6.45, 7) is 5.52. The Bertz CT molecular complexity index is 140. The summed E-state index contributed by atoms with van der Waals surface area (Å²) < 4.78 is 5.29. The van der Waals surface area contributed by atoms with Gasteiger partial charge >= 0.3 is 0 Å². The van der Waals surface area contributed by atoms with Crippen molar-refractivity contribution in [1.82, 2.24) is 5.32 Å². The molecule has 4 heteroatoms. The molecule has 0 heterocycles. The predicted octanol–water partition coefficient (Wildman–Crippen LogP) is 0.658. The fourth-order valence-corrected chi connectivity index (χ4v) is 1.06. The highest BCUT2D eigenvalue weighted by atomic mass is 16.5. The second-order valence-electron chi connectivity index (χ2n) is 3.29. The average molecular weight is 202 g/mol. The Morgan fingerprint density at radius 1 is 1.29 bits per heavy atom. The molecule has 0 rings (SSSR count). The van der Waals surface area contributed by atoms with Gasteiger partial charge in [-0.2, -0.15) is 0 Å². The van der Waals surface area contributed by atoms with E-state index in [9.17, 15) is 4.79 Å². The van der Waals surface area contributed by atoms with Crippen molar-refractivity contribution in [2.45, 2.75) is 32.6 Å². The van der Waals surface area contributed by atoms with Crippen LogP contribution in [0, 0.1) is 0 Å². The number of hydrogen-bond acceptors (Lipinski definition) is 3. The normalized spacial score (nSPS) is 10.4. The number of rotatable bonds is 10. The van der Waals surface area contributed by atoms with Crippen LogP contribution in [-0.2, 0) is 9.53 Å². The molecule has 0 spiro atoms. The van der Waals surface area contributed by atoms with Crippen molar-refractivity contribution in [2.24, 2.45) is 5.73 Å². The van der Waals surface area contributed by atoms with Gasteiger partial charge in [0.05, 0.1) is 6.61 Å². The quantitative estimate of drug-likeness (QED) is 0.511. The van der Waals surface area contributed by atoms with Gasteiger partial charge in [0.15, 0.2) is 0 Å². The molecule has 0 aromatic carbocycles. The monoisotopic (exact) mass is 202 g/mol. The van der Waals surface area contributed by atoms with Gasteiger partial charge in [0, 0.05) is 19.6 Å². The molecule has 0 aliphatic heterocycles. The molecule has 0 atom stereocenters. The minimum atomic E-state index is -0.212. The first-order valence-electron chi connectivity index (χ1n) is 5.34. The number of nitrogens with one attached hydrogen (secondary N) is 1. The van der Waals surface area contributed by atoms with Gasteiger partial charge in [-0.05, 0) is 25.8 Å². The molecular formula is C10H22N2O2. The molecule has 0 saturated heterocycles. The highest BCUT2D eigenvalue weighted by Gasteiger charge is 1.93. The van der Waals surface area contributed by atoms with Crippen LogP contribution in [0.15, 0.2) is 0 Å². The maximum atomic E-state index is 10.4. The van der Waals surface area contributed by atoms with Gasteiger partial charge in [-0.3, -0.25) is 4.79 Å². The molecule has 0 unspecified atom stereocenters. The zero-order chi connectivity index (χ0) is 10.6. The van der Waals surface area contributed by atoms with E-state index < -0.39 is 0 Å². The molecule has 0 aliphatic rings. The maximum absolute atomic E-state index is 10.4. The van der Waals surface area contributed by atoms with Gasteiger partial charge in [-0.1, -0.05) is 6.92 Å². The highest BCUT2D eigenvalue weighted by Crippen LogP contribution is 1.91. The van der Waals surface area contributed by atoms with Crippen molar-refractivity contribution < 1.29 is 9.53 Å². The summed E-state index contributed by atoms with van der Waals surface area (Å²) in [6, 6.07) is 0. The van der Waals surface area contributed by atoms with Crippen molar-refractivity contribution in [1.29, 1.82) is 0 Å². The van der Waals surface area contributed by atoms with Crippen LogP contribution in [0.2, 0.25) is 0 Å². The Hall–Kier alpha value is -0.610. The second kappa shape index (κ2) is 10.5. The third kappa shape index (κ3) is 11.4. The molecular weight excluding hydrogens is 180 g/mol. The van der Waals surface area contributed by atoms with E-state index in [1.807, 2.05) is 0 Å². The third-order valence-corrected chi connectivity index (χ3v) is 1.80. The van der Waals surface area contributed by atoms with Gasteiger partial charge in [0.1, 0.15) is 0 Å². The summed E-state index contributed by atoms with van der Waals surface area (Å²) in [5.74, 6) is -0.212. The molecule has 1 amide bonds. The summed E-state index contributed by atoms with van der Waals surface area (Å²) in [5.41, 5.74) is 5.01. The van der Waals surface area contributed by atoms with Crippen molar-refractivity contribution in [3.05, 3.63) is 0 Å². The van der Waals surface area contributed by atoms with E-state index in [4.69, 9.17) is 10.5 Å². The molecule has 0 aromatic rings. The molecule has 0 radical (unpaired) electrons. The first-order chi connectivity index (χ1) is 6.77. The SMILES string of the molecule is CCCOCCNCCCCC(N)=O. The standard InChI is InChI=1S/C10H22N2O2/c1-2-8-14-9-7-12-6-4-3-5-10(11)13/h12H,2-9H2,1H3,(H2,11,13). The zero-order valence-corrected chi connectivity index (χ0v) is 9.05. The lowest BCUT2D eigenvalue weighted by Gasteiger charge is -2.04. The zero-order valence-electron chi connectivity index (χ0n) is 9.05. The summed E-state index contributed by atoms with van der Waals surface area (Å²) in [4.78, 5) is 10.4. The van der Waals surface area contributed by atoms with Crippen molar-refractivity contribution in [2.75, 3.05) is 26.3 Å². The number of carbonyl (C=O) groups excluding carboxylic acids is 1. The van der Waals surface area contributed by atoms with Gasteiger partial charge in [0.2, 0.25) is 5.91 Å². The maximum Gasteiger partial charge on any atom is 0.217 e. The first-order valence-corrected chi connectivity index (χ1v) is 5.34. The second-order valence-corrected chi connectivity index (χ2v) is 3.29. The van der Waals surface area contributed by atoms with Crippen molar-refractivity contribution >= 4 is 5.91 Å². The van der Waals surface area contributed by atoms with Crippen LogP contribution >= 0.6 is 0 Å². The van der Waals surface area contributed by atoms with Crippen LogP contribution in [0.1, 0.15) is 32.6 Å². The summed E-state index contributed by atoms with van der Waals surface area (Å²) in [7, 11) is 0. The number of unbranched alkanes of at least 4 members (excludes halogenated alkanes) is 1. The van der Waals surface area contributed by atoms with Crippen LogP contribution in [0.4, 0.5) is 0 Å². The number of carbonyl (C=O) groups is 1. The largest absolute Gasteiger partial charge is 0.380 e. The minimum Gasteiger partial charge on any atom is -0.380 e. The lowest BCUT2D eigenvalue weighted by molar-refractivity contribution is -0.118. The number of amides is 1. The van der Waals surface area contributed by atoms with Gasteiger partial charge in [-0.15, -0.1) is 0 Å². The Morgan fingerprint density at radius 2 is 2.07 bits per heavy atom. The molecule has 3 N–H and O–H groups in total. The number of primary amides is 1. The first kappa shape index (κ1) is 13.4. The van der Waals surface area contributed by atoms with Gasteiger partial charge in [0.25, 0.3) is 0 Å². The Morgan fingerprint density at radius 3 is 2.71 bits per heavy atom. The van der Waals surface area contributed by atoms with Crippen LogP contribution in [0.3, 0.4) is 0 Å². The minimum absolute atomic E-state index is 0.212. The fraction of sp³-hybridized carbons (Fsp3) is 0.900. The van der Waals surface area contributed by atoms with E-state index in [1.165, 1.54) is 0 Å². The van der Waals surface area contributed by atoms with E-state index in [-0.39, 0.29) is 5.91 Å².